The number of benzene rings is 1. The summed E-state index contributed by atoms with van der Waals surface area (Å²) >= 11 is 0. The van der Waals surface area contributed by atoms with Crippen LogP contribution in [0.1, 0.15) is 12.5 Å². The van der Waals surface area contributed by atoms with Gasteiger partial charge in [-0.25, -0.2) is 0 Å². The number of amides is 1. The molecule has 0 aliphatic carbocycles. The maximum atomic E-state index is 11.9. The molecule has 100 valence electrons. The van der Waals surface area contributed by atoms with Crippen LogP contribution in [0.2, 0.25) is 0 Å². The van der Waals surface area contributed by atoms with Gasteiger partial charge < -0.3 is 15.8 Å². The van der Waals surface area contributed by atoms with E-state index in [-0.39, 0.29) is 11.7 Å². The lowest BCUT2D eigenvalue weighted by Crippen LogP contribution is -2.39. The summed E-state index contributed by atoms with van der Waals surface area (Å²) in [6.07, 6.45) is 0.605. The second kappa shape index (κ2) is 6.90. The highest BCUT2D eigenvalue weighted by atomic mass is 19.3. The molecule has 0 aromatic heterocycles. The predicted octanol–water partition coefficient (Wildman–Crippen LogP) is 1.29. The quantitative estimate of drug-likeness (QED) is 0.808. The van der Waals surface area contributed by atoms with E-state index in [0.29, 0.717) is 13.0 Å². The normalized spacial score (nSPS) is 12.3. The van der Waals surface area contributed by atoms with Gasteiger partial charge in [-0.3, -0.25) is 4.79 Å². The minimum absolute atomic E-state index is 0.119. The van der Waals surface area contributed by atoms with Gasteiger partial charge in [-0.2, -0.15) is 8.78 Å². The Morgan fingerprint density at radius 3 is 2.50 bits per heavy atom. The van der Waals surface area contributed by atoms with Gasteiger partial charge in [-0.05, 0) is 31.0 Å². The molecule has 0 radical (unpaired) electrons. The van der Waals surface area contributed by atoms with Crippen LogP contribution in [-0.4, -0.2) is 25.1 Å². The highest BCUT2D eigenvalue weighted by Crippen LogP contribution is 2.14. The lowest BCUT2D eigenvalue weighted by molar-refractivity contribution is -0.121. The Morgan fingerprint density at radius 1 is 1.39 bits per heavy atom. The number of halogens is 2. The minimum atomic E-state index is -2.82. The first-order chi connectivity index (χ1) is 8.49. The van der Waals surface area contributed by atoms with E-state index in [4.69, 9.17) is 5.73 Å². The van der Waals surface area contributed by atoms with Crippen molar-refractivity contribution in [1.82, 2.24) is 5.32 Å². The number of ether oxygens (including phenoxy) is 1. The van der Waals surface area contributed by atoms with Gasteiger partial charge in [-0.1, -0.05) is 12.1 Å². The fourth-order valence-electron chi connectivity index (χ4n) is 1.33. The van der Waals surface area contributed by atoms with E-state index in [1.165, 1.54) is 12.1 Å². The van der Waals surface area contributed by atoms with Crippen LogP contribution < -0.4 is 15.8 Å². The van der Waals surface area contributed by atoms with Crippen LogP contribution in [0.5, 0.6) is 5.75 Å². The number of nitrogens with one attached hydrogen (secondary N) is 1. The van der Waals surface area contributed by atoms with Gasteiger partial charge in [0.25, 0.3) is 0 Å². The molecule has 4 nitrogen and oxygen atoms in total. The van der Waals surface area contributed by atoms with Crippen molar-refractivity contribution in [1.29, 1.82) is 0 Å². The molecule has 0 heterocycles. The Hall–Kier alpha value is -1.69. The van der Waals surface area contributed by atoms with Crippen molar-refractivity contribution in [3.8, 4) is 5.75 Å². The lowest BCUT2D eigenvalue weighted by Gasteiger charge is -2.08. The summed E-state index contributed by atoms with van der Waals surface area (Å²) in [5, 5.41) is 2.66. The van der Waals surface area contributed by atoms with E-state index < -0.39 is 12.7 Å². The summed E-state index contributed by atoms with van der Waals surface area (Å²) in [7, 11) is 0. The summed E-state index contributed by atoms with van der Waals surface area (Å²) in [4.78, 5) is 11.2. The Kier molecular flexibility index (Phi) is 5.51. The zero-order valence-corrected chi connectivity index (χ0v) is 10.0. The van der Waals surface area contributed by atoms with Gasteiger partial charge in [-0.15, -0.1) is 0 Å². The van der Waals surface area contributed by atoms with Gasteiger partial charge in [0.2, 0.25) is 5.91 Å². The van der Waals surface area contributed by atoms with E-state index in [1.807, 2.05) is 0 Å². The summed E-state index contributed by atoms with van der Waals surface area (Å²) in [5.41, 5.74) is 6.30. The van der Waals surface area contributed by atoms with Crippen molar-refractivity contribution in [3.63, 3.8) is 0 Å². The van der Waals surface area contributed by atoms with Crippen LogP contribution >= 0.6 is 0 Å². The Bertz CT molecular complexity index is 380. The monoisotopic (exact) mass is 258 g/mol. The molecular formula is C12H16F2N2O2. The molecule has 0 aliphatic heterocycles. The molecule has 1 atom stereocenters. The second-order valence-corrected chi connectivity index (χ2v) is 3.85. The van der Waals surface area contributed by atoms with Crippen molar-refractivity contribution in [2.45, 2.75) is 26.0 Å². The number of carbonyl (C=O) groups excluding carboxylic acids is 1. The highest BCUT2D eigenvalue weighted by Gasteiger charge is 2.06. The minimum Gasteiger partial charge on any atom is -0.435 e. The zero-order chi connectivity index (χ0) is 13.5. The largest absolute Gasteiger partial charge is 0.435 e. The molecule has 6 heteroatoms. The molecule has 1 aromatic carbocycles. The first-order valence-electron chi connectivity index (χ1n) is 5.56. The van der Waals surface area contributed by atoms with Crippen LogP contribution in [0.15, 0.2) is 24.3 Å². The van der Waals surface area contributed by atoms with Gasteiger partial charge in [0.1, 0.15) is 5.75 Å². The van der Waals surface area contributed by atoms with Crippen molar-refractivity contribution >= 4 is 5.91 Å². The van der Waals surface area contributed by atoms with E-state index >= 15 is 0 Å². The fraction of sp³-hybridized carbons (Fsp3) is 0.417. The van der Waals surface area contributed by atoms with Gasteiger partial charge in [0.15, 0.2) is 0 Å². The van der Waals surface area contributed by atoms with E-state index in [2.05, 4.69) is 10.1 Å². The molecule has 0 bridgehead atoms. The zero-order valence-electron chi connectivity index (χ0n) is 10.0. The first-order valence-corrected chi connectivity index (χ1v) is 5.56. The number of nitrogens with two attached hydrogens (primary N) is 1. The summed E-state index contributed by atoms with van der Waals surface area (Å²) < 4.78 is 28.0. The molecular weight excluding hydrogens is 242 g/mol. The topological polar surface area (TPSA) is 64.4 Å². The van der Waals surface area contributed by atoms with Crippen molar-refractivity contribution in [2.75, 3.05) is 6.54 Å². The number of rotatable bonds is 6. The average molecular weight is 258 g/mol. The second-order valence-electron chi connectivity index (χ2n) is 3.85. The van der Waals surface area contributed by atoms with E-state index in [1.54, 1.807) is 19.1 Å². The summed E-state index contributed by atoms with van der Waals surface area (Å²) in [6.45, 7) is -0.762. The Morgan fingerprint density at radius 2 is 2.00 bits per heavy atom. The molecule has 1 amide bonds. The van der Waals surface area contributed by atoms with Crippen LogP contribution in [0.25, 0.3) is 0 Å². The molecule has 0 aliphatic rings. The smallest absolute Gasteiger partial charge is 0.387 e. The van der Waals surface area contributed by atoms with Gasteiger partial charge >= 0.3 is 6.61 Å². The maximum Gasteiger partial charge on any atom is 0.387 e. The van der Waals surface area contributed by atoms with Crippen molar-refractivity contribution < 1.29 is 18.3 Å². The molecule has 1 aromatic rings. The molecule has 0 fully saturated rings. The number of alkyl halides is 2. The maximum absolute atomic E-state index is 11.9. The van der Waals surface area contributed by atoms with Gasteiger partial charge in [0.05, 0.1) is 6.04 Å². The molecule has 3 N–H and O–H groups in total. The summed E-state index contributed by atoms with van der Waals surface area (Å²) in [6, 6.07) is 5.75. The number of hydrogen-bond acceptors (Lipinski definition) is 3. The van der Waals surface area contributed by atoms with Crippen molar-refractivity contribution in [2.24, 2.45) is 5.73 Å². The van der Waals surface area contributed by atoms with Crippen LogP contribution in [0, 0.1) is 0 Å². The SMILES string of the molecule is CC(N)C(=O)NCCc1ccc(OC(F)F)cc1. The third-order valence-electron chi connectivity index (χ3n) is 2.27. The fourth-order valence-corrected chi connectivity index (χ4v) is 1.33. The third kappa shape index (κ3) is 5.09. The molecule has 1 rings (SSSR count). The van der Waals surface area contributed by atoms with Crippen LogP contribution in [0.3, 0.4) is 0 Å². The van der Waals surface area contributed by atoms with Crippen LogP contribution in [-0.2, 0) is 11.2 Å². The molecule has 1 unspecified atom stereocenters. The lowest BCUT2D eigenvalue weighted by atomic mass is 10.1. The summed E-state index contributed by atoms with van der Waals surface area (Å²) in [5.74, 6) is -0.0963. The Labute approximate surface area is 104 Å². The molecule has 0 saturated carbocycles. The Balaban J connectivity index is 2.37. The number of carbonyl (C=O) groups is 1. The number of hydrogen-bond donors (Lipinski definition) is 2. The first kappa shape index (κ1) is 14.4. The van der Waals surface area contributed by atoms with Crippen molar-refractivity contribution in [3.05, 3.63) is 29.8 Å². The van der Waals surface area contributed by atoms with Crippen LogP contribution in [0.4, 0.5) is 8.78 Å². The van der Waals surface area contributed by atoms with E-state index in [9.17, 15) is 13.6 Å². The standard InChI is InChI=1S/C12H16F2N2O2/c1-8(15)11(17)16-7-6-9-2-4-10(5-3-9)18-12(13)14/h2-5,8,12H,6-7,15H2,1H3,(H,16,17). The average Bonchev–Trinajstić information content (AvgIpc) is 2.30. The molecule has 18 heavy (non-hydrogen) atoms. The van der Waals surface area contributed by atoms with Gasteiger partial charge in [0, 0.05) is 6.54 Å². The third-order valence-corrected chi connectivity index (χ3v) is 2.27. The molecule has 0 spiro atoms. The highest BCUT2D eigenvalue weighted by molar-refractivity contribution is 5.80. The molecule has 0 saturated heterocycles. The predicted molar refractivity (Wildman–Crippen MR) is 63.4 cm³/mol. The van der Waals surface area contributed by atoms with E-state index in [0.717, 1.165) is 5.56 Å².